The summed E-state index contributed by atoms with van der Waals surface area (Å²) < 4.78 is 14.7. The van der Waals surface area contributed by atoms with Crippen LogP contribution in [0.1, 0.15) is 33.3 Å². The standard InChI is InChI=1S/C9H9FN2.2C2H6/c1-6-3-7-5-12(2)11-9(7)4-8(6)10;2*1-2/h3-5H,1-2H3;2*1-2H3. The summed E-state index contributed by atoms with van der Waals surface area (Å²) in [4.78, 5) is 0. The second-order valence-electron chi connectivity index (χ2n) is 2.96. The molecule has 16 heavy (non-hydrogen) atoms. The molecule has 0 N–H and O–H groups in total. The predicted molar refractivity (Wildman–Crippen MR) is 68.1 cm³/mol. The third kappa shape index (κ3) is 3.33. The van der Waals surface area contributed by atoms with Crippen molar-refractivity contribution in [3.63, 3.8) is 0 Å². The molecule has 90 valence electrons. The number of hydrogen-bond acceptors (Lipinski definition) is 1. The van der Waals surface area contributed by atoms with Crippen molar-refractivity contribution in [1.29, 1.82) is 0 Å². The molecule has 1 heterocycles. The molecule has 0 aliphatic carbocycles. The van der Waals surface area contributed by atoms with E-state index in [2.05, 4.69) is 5.10 Å². The van der Waals surface area contributed by atoms with Crippen LogP contribution in [-0.4, -0.2) is 9.78 Å². The molecule has 0 bridgehead atoms. The maximum absolute atomic E-state index is 13.0. The molecule has 2 nitrogen and oxygen atoms in total. The highest BCUT2D eigenvalue weighted by molar-refractivity contribution is 5.78. The molecule has 0 saturated carbocycles. The van der Waals surface area contributed by atoms with Crippen molar-refractivity contribution in [2.24, 2.45) is 7.05 Å². The van der Waals surface area contributed by atoms with Gasteiger partial charge in [-0.2, -0.15) is 5.10 Å². The molecule has 0 atom stereocenters. The van der Waals surface area contributed by atoms with Crippen molar-refractivity contribution in [2.75, 3.05) is 0 Å². The highest BCUT2D eigenvalue weighted by Crippen LogP contribution is 2.16. The van der Waals surface area contributed by atoms with Crippen molar-refractivity contribution < 1.29 is 4.39 Å². The minimum Gasteiger partial charge on any atom is -0.275 e. The van der Waals surface area contributed by atoms with Gasteiger partial charge in [-0.1, -0.05) is 27.7 Å². The number of hydrogen-bond donors (Lipinski definition) is 0. The highest BCUT2D eigenvalue weighted by Gasteiger charge is 2.02. The summed E-state index contributed by atoms with van der Waals surface area (Å²) in [5, 5.41) is 5.07. The fraction of sp³-hybridized carbons (Fsp3) is 0.462. The number of aromatic nitrogens is 2. The zero-order valence-corrected chi connectivity index (χ0v) is 11.0. The molecule has 0 aliphatic rings. The van der Waals surface area contributed by atoms with Gasteiger partial charge in [0.1, 0.15) is 5.82 Å². The lowest BCUT2D eigenvalue weighted by molar-refractivity contribution is 0.620. The van der Waals surface area contributed by atoms with Crippen LogP contribution in [0, 0.1) is 12.7 Å². The first-order chi connectivity index (χ1) is 7.66. The third-order valence-electron chi connectivity index (χ3n) is 1.90. The molecule has 2 rings (SSSR count). The van der Waals surface area contributed by atoms with Gasteiger partial charge in [-0.25, -0.2) is 4.39 Å². The van der Waals surface area contributed by atoms with Crippen LogP contribution in [0.25, 0.3) is 10.9 Å². The molecular weight excluding hydrogens is 203 g/mol. The molecule has 0 radical (unpaired) electrons. The first kappa shape index (κ1) is 14.6. The van der Waals surface area contributed by atoms with Gasteiger partial charge in [-0.3, -0.25) is 4.68 Å². The van der Waals surface area contributed by atoms with Gasteiger partial charge < -0.3 is 0 Å². The van der Waals surface area contributed by atoms with E-state index in [0.29, 0.717) is 11.1 Å². The number of halogens is 1. The molecule has 2 aromatic rings. The largest absolute Gasteiger partial charge is 0.275 e. The summed E-state index contributed by atoms with van der Waals surface area (Å²) in [6.45, 7) is 9.75. The fourth-order valence-corrected chi connectivity index (χ4v) is 1.28. The lowest BCUT2D eigenvalue weighted by Gasteiger charge is -1.93. The monoisotopic (exact) mass is 224 g/mol. The van der Waals surface area contributed by atoms with E-state index in [9.17, 15) is 4.39 Å². The number of aryl methyl sites for hydroxylation is 2. The van der Waals surface area contributed by atoms with Crippen molar-refractivity contribution >= 4 is 10.9 Å². The Bertz CT molecular complexity index is 394. The van der Waals surface area contributed by atoms with Crippen molar-refractivity contribution in [2.45, 2.75) is 34.6 Å². The van der Waals surface area contributed by atoms with E-state index in [-0.39, 0.29) is 5.82 Å². The Morgan fingerprint density at radius 3 is 2.25 bits per heavy atom. The Hall–Kier alpha value is -1.38. The zero-order chi connectivity index (χ0) is 12.7. The molecule has 0 spiro atoms. The Morgan fingerprint density at radius 2 is 1.69 bits per heavy atom. The highest BCUT2D eigenvalue weighted by atomic mass is 19.1. The van der Waals surface area contributed by atoms with Crippen molar-refractivity contribution in [3.8, 4) is 0 Å². The SMILES string of the molecule is CC.CC.Cc1cc2cn(C)nc2cc1F. The zero-order valence-electron chi connectivity index (χ0n) is 11.0. The van der Waals surface area contributed by atoms with E-state index < -0.39 is 0 Å². The number of benzene rings is 1. The van der Waals surface area contributed by atoms with E-state index >= 15 is 0 Å². The van der Waals surface area contributed by atoms with Crippen LogP contribution in [0.2, 0.25) is 0 Å². The molecule has 1 aromatic heterocycles. The Labute approximate surface area is 97.1 Å². The van der Waals surface area contributed by atoms with Crippen molar-refractivity contribution in [1.82, 2.24) is 9.78 Å². The second kappa shape index (κ2) is 6.99. The van der Waals surface area contributed by atoms with Crippen LogP contribution in [0.5, 0.6) is 0 Å². The van der Waals surface area contributed by atoms with Crippen LogP contribution < -0.4 is 0 Å². The maximum Gasteiger partial charge on any atom is 0.128 e. The lowest BCUT2D eigenvalue weighted by atomic mass is 10.2. The molecule has 1 aromatic carbocycles. The smallest absolute Gasteiger partial charge is 0.128 e. The van der Waals surface area contributed by atoms with Gasteiger partial charge in [0.05, 0.1) is 5.52 Å². The molecular formula is C13H21FN2. The summed E-state index contributed by atoms with van der Waals surface area (Å²) in [5.41, 5.74) is 1.37. The van der Waals surface area contributed by atoms with E-state index in [1.807, 2.05) is 40.9 Å². The Morgan fingerprint density at radius 1 is 1.12 bits per heavy atom. The van der Waals surface area contributed by atoms with Gasteiger partial charge >= 0.3 is 0 Å². The minimum atomic E-state index is -0.193. The van der Waals surface area contributed by atoms with Crippen LogP contribution in [0.3, 0.4) is 0 Å². The van der Waals surface area contributed by atoms with Crippen LogP contribution >= 0.6 is 0 Å². The quantitative estimate of drug-likeness (QED) is 0.659. The maximum atomic E-state index is 13.0. The van der Waals surface area contributed by atoms with Crippen LogP contribution in [-0.2, 0) is 7.05 Å². The molecule has 0 saturated heterocycles. The van der Waals surface area contributed by atoms with Crippen LogP contribution in [0.4, 0.5) is 4.39 Å². The van der Waals surface area contributed by atoms with Gasteiger partial charge in [0.15, 0.2) is 0 Å². The molecule has 0 fully saturated rings. The third-order valence-corrected chi connectivity index (χ3v) is 1.90. The van der Waals surface area contributed by atoms with Gasteiger partial charge in [-0.05, 0) is 18.6 Å². The lowest BCUT2D eigenvalue weighted by Crippen LogP contribution is -1.85. The first-order valence-corrected chi connectivity index (χ1v) is 5.76. The summed E-state index contributed by atoms with van der Waals surface area (Å²) in [5.74, 6) is -0.193. The number of fused-ring (bicyclic) bond motifs is 1. The molecule has 0 unspecified atom stereocenters. The van der Waals surface area contributed by atoms with E-state index in [0.717, 1.165) is 5.39 Å². The van der Waals surface area contributed by atoms with Crippen LogP contribution in [0.15, 0.2) is 18.3 Å². The molecule has 0 amide bonds. The van der Waals surface area contributed by atoms with E-state index in [4.69, 9.17) is 0 Å². The topological polar surface area (TPSA) is 17.8 Å². The summed E-state index contributed by atoms with van der Waals surface area (Å²) in [6.07, 6.45) is 1.88. The summed E-state index contributed by atoms with van der Waals surface area (Å²) >= 11 is 0. The van der Waals surface area contributed by atoms with Gasteiger partial charge in [0.25, 0.3) is 0 Å². The minimum absolute atomic E-state index is 0.193. The first-order valence-electron chi connectivity index (χ1n) is 5.76. The van der Waals surface area contributed by atoms with Crippen molar-refractivity contribution in [3.05, 3.63) is 29.7 Å². The van der Waals surface area contributed by atoms with E-state index in [1.165, 1.54) is 6.07 Å². The Balaban J connectivity index is 0.000000509. The van der Waals surface area contributed by atoms with Gasteiger partial charge in [0.2, 0.25) is 0 Å². The number of rotatable bonds is 0. The average molecular weight is 224 g/mol. The summed E-state index contributed by atoms with van der Waals surface area (Å²) in [6, 6.07) is 3.27. The fourth-order valence-electron chi connectivity index (χ4n) is 1.28. The number of nitrogens with zero attached hydrogens (tertiary/aromatic N) is 2. The molecule has 0 aliphatic heterocycles. The van der Waals surface area contributed by atoms with Gasteiger partial charge in [0, 0.05) is 24.7 Å². The Kier molecular flexibility index (Phi) is 6.38. The van der Waals surface area contributed by atoms with E-state index in [1.54, 1.807) is 17.7 Å². The normalized spacial score (nSPS) is 8.94. The average Bonchev–Trinajstić information content (AvgIpc) is 2.64. The molecule has 3 heteroatoms. The second-order valence-corrected chi connectivity index (χ2v) is 2.96. The predicted octanol–water partition coefficient (Wildman–Crippen LogP) is 4.07. The van der Waals surface area contributed by atoms with Gasteiger partial charge in [-0.15, -0.1) is 0 Å². The summed E-state index contributed by atoms with van der Waals surface area (Å²) in [7, 11) is 1.83.